The maximum Gasteiger partial charge on any atom is 0.321 e. The standard InChI is InChI=1S/C15H14N2OS/c1-11-6-2-3-7-12(11)10-19(18)15-16-13-8-4-5-9-14(13)17-15/h2-9H,10H2,1H3,(H,16,17). The highest BCUT2D eigenvalue weighted by atomic mass is 32.2. The van der Waals surface area contributed by atoms with E-state index in [0.29, 0.717) is 10.9 Å². The molecule has 0 bridgehead atoms. The van der Waals surface area contributed by atoms with E-state index in [1.165, 1.54) is 0 Å². The summed E-state index contributed by atoms with van der Waals surface area (Å²) in [5, 5.41) is 0.546. The second-order valence-electron chi connectivity index (χ2n) is 4.48. The highest BCUT2D eigenvalue weighted by Crippen LogP contribution is 2.19. The number of nitrogens with one attached hydrogen (secondary N) is 1. The molecule has 19 heavy (non-hydrogen) atoms. The fraction of sp³-hybridized carbons (Fsp3) is 0.133. The van der Waals surface area contributed by atoms with E-state index in [4.69, 9.17) is 0 Å². The molecule has 1 heterocycles. The normalized spacial score (nSPS) is 12.7. The lowest BCUT2D eigenvalue weighted by Crippen LogP contribution is -2.07. The van der Waals surface area contributed by atoms with Gasteiger partial charge in [-0.05, 0) is 24.6 Å². The molecule has 0 saturated carbocycles. The van der Waals surface area contributed by atoms with Crippen LogP contribution in [0, 0.1) is 6.92 Å². The molecule has 4 heteroatoms. The molecule has 1 N–H and O–H groups in total. The minimum absolute atomic E-state index is 0.493. The Bertz CT molecular complexity index is 675. The van der Waals surface area contributed by atoms with Gasteiger partial charge in [0.25, 0.3) is 0 Å². The number of imidazole rings is 1. The number of fused-ring (bicyclic) bond motifs is 1. The first-order valence-corrected chi connectivity index (χ1v) is 7.43. The quantitative estimate of drug-likeness (QED) is 0.743. The molecule has 3 nitrogen and oxygen atoms in total. The van der Waals surface area contributed by atoms with E-state index in [1.807, 2.05) is 55.5 Å². The van der Waals surface area contributed by atoms with E-state index in [0.717, 1.165) is 22.2 Å². The van der Waals surface area contributed by atoms with Crippen LogP contribution in [0.2, 0.25) is 0 Å². The van der Waals surface area contributed by atoms with Crippen molar-refractivity contribution in [1.82, 2.24) is 9.97 Å². The smallest absolute Gasteiger partial charge is 0.321 e. The van der Waals surface area contributed by atoms with E-state index >= 15 is 0 Å². The molecule has 3 rings (SSSR count). The van der Waals surface area contributed by atoms with E-state index in [9.17, 15) is 4.55 Å². The summed E-state index contributed by atoms with van der Waals surface area (Å²) in [4.78, 5) is 7.51. The van der Waals surface area contributed by atoms with Gasteiger partial charge in [0.05, 0.1) is 11.0 Å². The monoisotopic (exact) mass is 270 g/mol. The molecule has 1 unspecified atom stereocenters. The van der Waals surface area contributed by atoms with Crippen LogP contribution < -0.4 is 0 Å². The van der Waals surface area contributed by atoms with Gasteiger partial charge >= 0.3 is 5.16 Å². The fourth-order valence-corrected chi connectivity index (χ4v) is 3.19. The lowest BCUT2D eigenvalue weighted by atomic mass is 10.1. The Morgan fingerprint density at radius 3 is 2.63 bits per heavy atom. The number of H-pyrrole nitrogens is 1. The summed E-state index contributed by atoms with van der Waals surface area (Å²) in [6.07, 6.45) is 0. The SMILES string of the molecule is Cc1ccccc1C[S+]([O-])c1nc2ccccc2[nH]1. The minimum Gasteiger partial charge on any atom is -0.609 e. The molecule has 2 aromatic carbocycles. The Labute approximate surface area is 114 Å². The third-order valence-corrected chi connectivity index (χ3v) is 4.33. The Kier molecular flexibility index (Phi) is 3.27. The summed E-state index contributed by atoms with van der Waals surface area (Å²) in [6.45, 7) is 2.03. The van der Waals surface area contributed by atoms with Gasteiger partial charge in [-0.2, -0.15) is 4.98 Å². The number of hydrogen-bond donors (Lipinski definition) is 1. The number of hydrogen-bond acceptors (Lipinski definition) is 2. The number of aromatic nitrogens is 2. The third kappa shape index (κ3) is 2.50. The van der Waals surface area contributed by atoms with Gasteiger partial charge in [0.1, 0.15) is 5.75 Å². The van der Waals surface area contributed by atoms with Crippen LogP contribution in [0.5, 0.6) is 0 Å². The van der Waals surface area contributed by atoms with Gasteiger partial charge in [-0.15, -0.1) is 0 Å². The van der Waals surface area contributed by atoms with Crippen LogP contribution in [0.4, 0.5) is 0 Å². The zero-order valence-corrected chi connectivity index (χ0v) is 11.4. The molecule has 0 aliphatic heterocycles. The van der Waals surface area contributed by atoms with Gasteiger partial charge in [0.15, 0.2) is 0 Å². The van der Waals surface area contributed by atoms with Crippen molar-refractivity contribution in [3.05, 3.63) is 59.7 Å². The zero-order chi connectivity index (χ0) is 13.2. The molecule has 1 aromatic heterocycles. The van der Waals surface area contributed by atoms with Crippen molar-refractivity contribution in [2.24, 2.45) is 0 Å². The largest absolute Gasteiger partial charge is 0.609 e. The van der Waals surface area contributed by atoms with E-state index < -0.39 is 11.2 Å². The van der Waals surface area contributed by atoms with Crippen LogP contribution in [-0.2, 0) is 16.9 Å². The van der Waals surface area contributed by atoms with Crippen molar-refractivity contribution < 1.29 is 4.55 Å². The van der Waals surface area contributed by atoms with Crippen molar-refractivity contribution in [2.75, 3.05) is 0 Å². The number of aryl methyl sites for hydroxylation is 1. The highest BCUT2D eigenvalue weighted by Gasteiger charge is 2.17. The van der Waals surface area contributed by atoms with Gasteiger partial charge in [0.2, 0.25) is 0 Å². The predicted octanol–water partition coefficient (Wildman–Crippen LogP) is 3.18. The molecule has 0 amide bonds. The molecule has 0 aliphatic rings. The van der Waals surface area contributed by atoms with Crippen molar-refractivity contribution in [3.63, 3.8) is 0 Å². The van der Waals surface area contributed by atoms with Crippen LogP contribution in [0.15, 0.2) is 53.7 Å². The zero-order valence-electron chi connectivity index (χ0n) is 10.6. The van der Waals surface area contributed by atoms with Gasteiger partial charge in [-0.25, -0.2) is 0 Å². The fourth-order valence-electron chi connectivity index (χ4n) is 2.02. The van der Waals surface area contributed by atoms with Gasteiger partial charge in [0, 0.05) is 16.7 Å². The van der Waals surface area contributed by atoms with Crippen LogP contribution in [-0.4, -0.2) is 14.5 Å². The molecule has 1 atom stereocenters. The van der Waals surface area contributed by atoms with E-state index in [2.05, 4.69) is 9.97 Å². The Balaban J connectivity index is 1.87. The molecule has 96 valence electrons. The lowest BCUT2D eigenvalue weighted by Gasteiger charge is -2.08. The van der Waals surface area contributed by atoms with Crippen molar-refractivity contribution in [3.8, 4) is 0 Å². The van der Waals surface area contributed by atoms with E-state index in [-0.39, 0.29) is 0 Å². The van der Waals surface area contributed by atoms with Gasteiger partial charge in [-0.3, -0.25) is 4.98 Å². The molecule has 0 radical (unpaired) electrons. The first kappa shape index (κ1) is 12.3. The summed E-state index contributed by atoms with van der Waals surface area (Å²) in [6, 6.07) is 15.7. The lowest BCUT2D eigenvalue weighted by molar-refractivity contribution is 0.587. The Morgan fingerprint density at radius 1 is 1.11 bits per heavy atom. The summed E-state index contributed by atoms with van der Waals surface area (Å²) >= 11 is -1.14. The van der Waals surface area contributed by atoms with Crippen LogP contribution in [0.25, 0.3) is 11.0 Å². The maximum absolute atomic E-state index is 12.4. The number of nitrogens with zero attached hydrogens (tertiary/aromatic N) is 1. The number of benzene rings is 2. The summed E-state index contributed by atoms with van der Waals surface area (Å²) in [5.41, 5.74) is 4.04. The molecule has 3 aromatic rings. The van der Waals surface area contributed by atoms with Crippen LogP contribution in [0.3, 0.4) is 0 Å². The molecule has 0 fully saturated rings. The average molecular weight is 270 g/mol. The molecular formula is C15H14N2OS. The first-order chi connectivity index (χ1) is 9.24. The highest BCUT2D eigenvalue weighted by molar-refractivity contribution is 7.90. The molecule has 0 spiro atoms. The summed E-state index contributed by atoms with van der Waals surface area (Å²) < 4.78 is 12.4. The second kappa shape index (κ2) is 5.07. The number of para-hydroxylation sites is 2. The van der Waals surface area contributed by atoms with Crippen molar-refractivity contribution in [2.45, 2.75) is 17.8 Å². The molecule has 0 saturated heterocycles. The van der Waals surface area contributed by atoms with Crippen LogP contribution in [0.1, 0.15) is 11.1 Å². The Hall–Kier alpha value is -1.78. The Morgan fingerprint density at radius 2 is 1.84 bits per heavy atom. The van der Waals surface area contributed by atoms with Crippen LogP contribution >= 0.6 is 0 Å². The van der Waals surface area contributed by atoms with Gasteiger partial charge < -0.3 is 4.55 Å². The number of rotatable bonds is 3. The molecule has 0 aliphatic carbocycles. The van der Waals surface area contributed by atoms with Crippen molar-refractivity contribution in [1.29, 1.82) is 0 Å². The second-order valence-corrected chi connectivity index (χ2v) is 5.84. The van der Waals surface area contributed by atoms with Gasteiger partial charge in [-0.1, -0.05) is 36.4 Å². The number of aromatic amines is 1. The topological polar surface area (TPSA) is 51.7 Å². The van der Waals surface area contributed by atoms with Crippen molar-refractivity contribution >= 4 is 22.2 Å². The predicted molar refractivity (Wildman–Crippen MR) is 77.4 cm³/mol. The van der Waals surface area contributed by atoms with E-state index in [1.54, 1.807) is 0 Å². The maximum atomic E-state index is 12.4. The first-order valence-electron chi connectivity index (χ1n) is 6.11. The average Bonchev–Trinajstić information content (AvgIpc) is 2.85. The summed E-state index contributed by atoms with van der Waals surface area (Å²) in [7, 11) is 0. The summed E-state index contributed by atoms with van der Waals surface area (Å²) in [5.74, 6) is 0.493. The third-order valence-electron chi connectivity index (χ3n) is 3.13. The molecular weight excluding hydrogens is 256 g/mol. The minimum atomic E-state index is -1.14.